The van der Waals surface area contributed by atoms with Gasteiger partial charge in [0, 0.05) is 25.1 Å². The molecule has 3 unspecified atom stereocenters. The monoisotopic (exact) mass is 414 g/mol. The molecule has 2 aromatic rings. The summed E-state index contributed by atoms with van der Waals surface area (Å²) >= 11 is 1.54. The van der Waals surface area contributed by atoms with Crippen LogP contribution in [0.2, 0.25) is 0 Å². The zero-order valence-corrected chi connectivity index (χ0v) is 17.1. The van der Waals surface area contributed by atoms with Gasteiger partial charge in [0.05, 0.1) is 11.5 Å². The van der Waals surface area contributed by atoms with Gasteiger partial charge in [0.25, 0.3) is 5.91 Å². The molecule has 6 nitrogen and oxygen atoms in total. The largest absolute Gasteiger partial charge is 0.480 e. The molecule has 7 heteroatoms. The van der Waals surface area contributed by atoms with Crippen LogP contribution in [0.3, 0.4) is 0 Å². The number of benzene rings is 2. The first kappa shape index (κ1) is 21.4. The van der Waals surface area contributed by atoms with Gasteiger partial charge in [-0.3, -0.25) is 9.69 Å². The van der Waals surface area contributed by atoms with Crippen LogP contribution < -0.4 is 5.32 Å². The SMILES string of the molecule is CSC(CC(NC(=O)c1ccccc1-c1ccccc1)C(=O)O)N1CCC(O)C1. The van der Waals surface area contributed by atoms with Crippen LogP contribution in [0.15, 0.2) is 54.6 Å². The van der Waals surface area contributed by atoms with E-state index in [0.717, 1.165) is 17.7 Å². The van der Waals surface area contributed by atoms with Crippen molar-refractivity contribution in [3.63, 3.8) is 0 Å². The molecule has 1 saturated heterocycles. The van der Waals surface area contributed by atoms with Crippen LogP contribution in [-0.4, -0.2) is 63.9 Å². The molecule has 0 bridgehead atoms. The second kappa shape index (κ2) is 9.91. The highest BCUT2D eigenvalue weighted by atomic mass is 32.2. The summed E-state index contributed by atoms with van der Waals surface area (Å²) in [5, 5.41) is 22.1. The van der Waals surface area contributed by atoms with E-state index in [2.05, 4.69) is 10.2 Å². The molecule has 1 aliphatic heterocycles. The van der Waals surface area contributed by atoms with E-state index in [9.17, 15) is 19.8 Å². The molecule has 0 radical (unpaired) electrons. The van der Waals surface area contributed by atoms with E-state index >= 15 is 0 Å². The van der Waals surface area contributed by atoms with Crippen LogP contribution >= 0.6 is 11.8 Å². The first-order valence-corrected chi connectivity index (χ1v) is 10.9. The standard InChI is InChI=1S/C22H26N2O4S/c1-29-20(24-12-11-16(25)14-24)13-19(22(27)28)23-21(26)18-10-6-5-9-17(18)15-7-3-2-4-8-15/h2-10,16,19-20,25H,11-14H2,1H3,(H,23,26)(H,27,28). The molecule has 29 heavy (non-hydrogen) atoms. The highest BCUT2D eigenvalue weighted by Crippen LogP contribution is 2.25. The second-order valence-corrected chi connectivity index (χ2v) is 8.15. The number of hydrogen-bond acceptors (Lipinski definition) is 5. The summed E-state index contributed by atoms with van der Waals surface area (Å²) in [5.41, 5.74) is 2.11. The number of hydrogen-bond donors (Lipinski definition) is 3. The van der Waals surface area contributed by atoms with E-state index in [4.69, 9.17) is 0 Å². The van der Waals surface area contributed by atoms with E-state index in [1.807, 2.05) is 48.7 Å². The summed E-state index contributed by atoms with van der Waals surface area (Å²) < 4.78 is 0. The maximum absolute atomic E-state index is 13.0. The number of amides is 1. The molecular formula is C22H26N2O4S. The zero-order valence-electron chi connectivity index (χ0n) is 16.3. The van der Waals surface area contributed by atoms with Crippen LogP contribution in [0.25, 0.3) is 11.1 Å². The molecule has 3 rings (SSSR count). The number of carboxylic acids is 1. The summed E-state index contributed by atoms with van der Waals surface area (Å²) in [5.74, 6) is -1.47. The topological polar surface area (TPSA) is 89.9 Å². The lowest BCUT2D eigenvalue weighted by molar-refractivity contribution is -0.139. The Morgan fingerprint density at radius 1 is 1.17 bits per heavy atom. The van der Waals surface area contributed by atoms with Crippen LogP contribution in [0.4, 0.5) is 0 Å². The number of nitrogens with zero attached hydrogens (tertiary/aromatic N) is 1. The Morgan fingerprint density at radius 2 is 1.86 bits per heavy atom. The van der Waals surface area contributed by atoms with Crippen LogP contribution in [-0.2, 0) is 4.79 Å². The van der Waals surface area contributed by atoms with Crippen molar-refractivity contribution in [2.75, 3.05) is 19.3 Å². The normalized spacial score (nSPS) is 18.9. The van der Waals surface area contributed by atoms with Gasteiger partial charge in [0.2, 0.25) is 0 Å². The van der Waals surface area contributed by atoms with E-state index in [0.29, 0.717) is 18.5 Å². The summed E-state index contributed by atoms with van der Waals surface area (Å²) in [6.07, 6.45) is 2.50. The average Bonchev–Trinajstić information content (AvgIpc) is 3.17. The molecule has 1 aliphatic rings. The number of likely N-dealkylation sites (tertiary alicyclic amines) is 1. The lowest BCUT2D eigenvalue weighted by Crippen LogP contribution is -2.45. The zero-order chi connectivity index (χ0) is 20.8. The molecule has 1 fully saturated rings. The van der Waals surface area contributed by atoms with E-state index in [1.165, 1.54) is 11.8 Å². The van der Waals surface area contributed by atoms with Gasteiger partial charge in [0.15, 0.2) is 0 Å². The summed E-state index contributed by atoms with van der Waals surface area (Å²) in [7, 11) is 0. The smallest absolute Gasteiger partial charge is 0.326 e. The molecular weight excluding hydrogens is 388 g/mol. The predicted octanol–water partition coefficient (Wildman–Crippen LogP) is 2.68. The van der Waals surface area contributed by atoms with E-state index in [-0.39, 0.29) is 17.9 Å². The highest BCUT2D eigenvalue weighted by molar-refractivity contribution is 7.99. The number of aliphatic hydroxyl groups is 1. The van der Waals surface area contributed by atoms with Crippen molar-refractivity contribution in [2.45, 2.75) is 30.4 Å². The van der Waals surface area contributed by atoms with Crippen molar-refractivity contribution in [1.82, 2.24) is 10.2 Å². The van der Waals surface area contributed by atoms with Gasteiger partial charge in [-0.25, -0.2) is 4.79 Å². The van der Waals surface area contributed by atoms with Crippen LogP contribution in [0.1, 0.15) is 23.2 Å². The molecule has 0 spiro atoms. The van der Waals surface area contributed by atoms with Crippen molar-refractivity contribution >= 4 is 23.6 Å². The molecule has 0 aromatic heterocycles. The maximum Gasteiger partial charge on any atom is 0.326 e. The third-order valence-electron chi connectivity index (χ3n) is 5.17. The molecule has 0 aliphatic carbocycles. The molecule has 3 atom stereocenters. The maximum atomic E-state index is 13.0. The van der Waals surface area contributed by atoms with Crippen molar-refractivity contribution in [1.29, 1.82) is 0 Å². The Labute approximate surface area is 174 Å². The Kier molecular flexibility index (Phi) is 7.30. The number of β-amino-alcohol motifs (C(OH)–C–C–N with tert-alkyl or cyclic N) is 1. The van der Waals surface area contributed by atoms with Crippen molar-refractivity contribution in [3.8, 4) is 11.1 Å². The Morgan fingerprint density at radius 3 is 2.48 bits per heavy atom. The summed E-state index contributed by atoms with van der Waals surface area (Å²) in [6.45, 7) is 1.26. The fourth-order valence-electron chi connectivity index (χ4n) is 3.63. The number of aliphatic carboxylic acids is 1. The first-order chi connectivity index (χ1) is 14.0. The third-order valence-corrected chi connectivity index (χ3v) is 6.21. The number of thioether (sulfide) groups is 1. The summed E-state index contributed by atoms with van der Waals surface area (Å²) in [6, 6.07) is 15.7. The van der Waals surface area contributed by atoms with Gasteiger partial charge >= 0.3 is 5.97 Å². The van der Waals surface area contributed by atoms with Crippen molar-refractivity contribution < 1.29 is 19.8 Å². The third kappa shape index (κ3) is 5.38. The average molecular weight is 415 g/mol. The second-order valence-electron chi connectivity index (χ2n) is 7.14. The minimum Gasteiger partial charge on any atom is -0.480 e. The number of nitrogens with one attached hydrogen (secondary N) is 1. The van der Waals surface area contributed by atoms with E-state index in [1.54, 1.807) is 12.1 Å². The summed E-state index contributed by atoms with van der Waals surface area (Å²) in [4.78, 5) is 26.9. The lowest BCUT2D eigenvalue weighted by Gasteiger charge is -2.28. The van der Waals surface area contributed by atoms with Gasteiger partial charge < -0.3 is 15.5 Å². The van der Waals surface area contributed by atoms with Crippen LogP contribution in [0, 0.1) is 0 Å². The highest BCUT2D eigenvalue weighted by Gasteiger charge is 2.31. The minimum atomic E-state index is -1.06. The molecule has 3 N–H and O–H groups in total. The number of aliphatic hydroxyl groups excluding tert-OH is 1. The molecule has 154 valence electrons. The molecule has 1 heterocycles. The molecule has 2 aromatic carbocycles. The Bertz CT molecular complexity index is 846. The van der Waals surface area contributed by atoms with Crippen LogP contribution in [0.5, 0.6) is 0 Å². The minimum absolute atomic E-state index is 0.0853. The first-order valence-electron chi connectivity index (χ1n) is 9.62. The number of carboxylic acid groups (broad SMARTS) is 1. The Hall–Kier alpha value is -2.35. The van der Waals surface area contributed by atoms with Gasteiger partial charge in [-0.1, -0.05) is 48.5 Å². The van der Waals surface area contributed by atoms with Gasteiger partial charge in [0.1, 0.15) is 6.04 Å². The van der Waals surface area contributed by atoms with Crippen molar-refractivity contribution in [2.24, 2.45) is 0 Å². The number of rotatable bonds is 8. The van der Waals surface area contributed by atoms with Gasteiger partial charge in [-0.2, -0.15) is 0 Å². The van der Waals surface area contributed by atoms with Crippen molar-refractivity contribution in [3.05, 3.63) is 60.2 Å². The van der Waals surface area contributed by atoms with Gasteiger partial charge in [-0.15, -0.1) is 11.8 Å². The Balaban J connectivity index is 1.76. The number of carbonyl (C=O) groups excluding carboxylic acids is 1. The number of carbonyl (C=O) groups is 2. The molecule has 1 amide bonds. The molecule has 0 saturated carbocycles. The lowest BCUT2D eigenvalue weighted by atomic mass is 9.99. The fourth-order valence-corrected chi connectivity index (χ4v) is 4.51. The predicted molar refractivity (Wildman–Crippen MR) is 115 cm³/mol. The quantitative estimate of drug-likeness (QED) is 0.615. The van der Waals surface area contributed by atoms with Gasteiger partial charge in [-0.05, 0) is 29.9 Å². The fraction of sp³-hybridized carbons (Fsp3) is 0.364. The van der Waals surface area contributed by atoms with E-state index < -0.39 is 17.9 Å².